The molecule has 33 heavy (non-hydrogen) atoms. The minimum Gasteiger partial charge on any atom is -0.295 e. The van der Waals surface area contributed by atoms with E-state index in [-0.39, 0.29) is 53.2 Å². The second-order valence-corrected chi connectivity index (χ2v) is 9.92. The lowest BCUT2D eigenvalue weighted by atomic mass is 10.0. The van der Waals surface area contributed by atoms with Crippen LogP contribution in [0.3, 0.4) is 0 Å². The van der Waals surface area contributed by atoms with Gasteiger partial charge in [0.2, 0.25) is 11.8 Å². The molecular formula is C22H19N3O7S. The maximum Gasteiger partial charge on any atom is 0.262 e. The molecule has 1 atom stereocenters. The molecule has 1 fully saturated rings. The van der Waals surface area contributed by atoms with Crippen LogP contribution in [-0.4, -0.2) is 60.0 Å². The van der Waals surface area contributed by atoms with Gasteiger partial charge in [-0.3, -0.25) is 39.2 Å². The Labute approximate surface area is 188 Å². The number of hydrogen-bond donors (Lipinski definition) is 1. The molecule has 1 aromatic carbocycles. The zero-order chi connectivity index (χ0) is 23.9. The van der Waals surface area contributed by atoms with Crippen LogP contribution < -0.4 is 5.32 Å². The number of rotatable bonds is 6. The Bertz CT molecular complexity index is 1320. The van der Waals surface area contributed by atoms with E-state index in [4.69, 9.17) is 0 Å². The first-order valence-electron chi connectivity index (χ1n) is 10.1. The van der Waals surface area contributed by atoms with Crippen LogP contribution in [0.1, 0.15) is 56.0 Å². The molecule has 0 spiro atoms. The zero-order valence-electron chi connectivity index (χ0n) is 17.5. The van der Waals surface area contributed by atoms with Crippen LogP contribution in [0.15, 0.2) is 41.4 Å². The van der Waals surface area contributed by atoms with E-state index >= 15 is 0 Å². The lowest BCUT2D eigenvalue weighted by Crippen LogP contribution is -2.54. The Morgan fingerprint density at radius 3 is 2.45 bits per heavy atom. The smallest absolute Gasteiger partial charge is 0.262 e. The summed E-state index contributed by atoms with van der Waals surface area (Å²) in [5.74, 6) is -2.64. The summed E-state index contributed by atoms with van der Waals surface area (Å²) in [6, 6.07) is 6.27. The van der Waals surface area contributed by atoms with Gasteiger partial charge in [-0.2, -0.15) is 0 Å². The average molecular weight is 469 g/mol. The number of benzene rings is 1. The van der Waals surface area contributed by atoms with E-state index in [2.05, 4.69) is 10.3 Å². The second kappa shape index (κ2) is 8.32. The predicted molar refractivity (Wildman–Crippen MR) is 113 cm³/mol. The minimum absolute atomic E-state index is 0.0152. The monoisotopic (exact) mass is 469 g/mol. The summed E-state index contributed by atoms with van der Waals surface area (Å²) in [4.78, 5) is 66.4. The molecule has 0 saturated carbocycles. The van der Waals surface area contributed by atoms with Gasteiger partial charge < -0.3 is 0 Å². The number of hydrogen-bond acceptors (Lipinski definition) is 8. The molecule has 0 aliphatic carbocycles. The topological polar surface area (TPSA) is 148 Å². The normalized spacial score (nSPS) is 18.3. The van der Waals surface area contributed by atoms with Crippen molar-refractivity contribution in [2.24, 2.45) is 0 Å². The van der Waals surface area contributed by atoms with E-state index in [1.165, 1.54) is 24.3 Å². The number of nitrogens with one attached hydrogen (secondary N) is 1. The highest BCUT2D eigenvalue weighted by Crippen LogP contribution is 2.28. The highest BCUT2D eigenvalue weighted by Gasteiger charge is 2.44. The first-order valence-corrected chi connectivity index (χ1v) is 12.0. The molecule has 11 heteroatoms. The molecule has 0 radical (unpaired) electrons. The third kappa shape index (κ3) is 4.31. The van der Waals surface area contributed by atoms with Gasteiger partial charge in [0.1, 0.15) is 11.7 Å². The van der Waals surface area contributed by atoms with Crippen molar-refractivity contribution in [2.75, 3.05) is 6.26 Å². The maximum absolute atomic E-state index is 12.9. The zero-order valence-corrected chi connectivity index (χ0v) is 18.3. The van der Waals surface area contributed by atoms with E-state index in [9.17, 15) is 32.4 Å². The highest BCUT2D eigenvalue weighted by atomic mass is 32.2. The van der Waals surface area contributed by atoms with Crippen molar-refractivity contribution in [1.82, 2.24) is 15.2 Å². The molecule has 1 aromatic heterocycles. The molecule has 170 valence electrons. The summed E-state index contributed by atoms with van der Waals surface area (Å²) < 4.78 is 23.0. The molecule has 1 unspecified atom stereocenters. The number of piperidine rings is 1. The largest absolute Gasteiger partial charge is 0.295 e. The Balaban J connectivity index is 1.46. The molecule has 2 aliphatic rings. The summed E-state index contributed by atoms with van der Waals surface area (Å²) in [5, 5.41) is 2.14. The number of fused-ring (bicyclic) bond motifs is 1. The lowest BCUT2D eigenvalue weighted by molar-refractivity contribution is -0.136. The fraction of sp³-hybridized carbons (Fsp3) is 0.273. The molecule has 3 heterocycles. The molecule has 1 saturated heterocycles. The SMILES string of the molecule is CS(=O)(=O)c1ccc(C(=O)CCc2ccc3c(c2)C(=O)N(C2CCC(=O)NC2=O)C3=O)nc1. The summed E-state index contributed by atoms with van der Waals surface area (Å²) in [7, 11) is -3.41. The van der Waals surface area contributed by atoms with Crippen molar-refractivity contribution in [3.05, 3.63) is 58.9 Å². The van der Waals surface area contributed by atoms with Gasteiger partial charge in [-0.25, -0.2) is 8.42 Å². The third-order valence-corrected chi connectivity index (χ3v) is 6.69. The fourth-order valence-corrected chi connectivity index (χ4v) is 4.38. The van der Waals surface area contributed by atoms with Crippen molar-refractivity contribution < 1.29 is 32.4 Å². The van der Waals surface area contributed by atoms with Crippen LogP contribution in [0.5, 0.6) is 0 Å². The quantitative estimate of drug-likeness (QED) is 0.480. The van der Waals surface area contributed by atoms with Crippen molar-refractivity contribution in [1.29, 1.82) is 0 Å². The average Bonchev–Trinajstić information content (AvgIpc) is 3.01. The number of pyridine rings is 1. The van der Waals surface area contributed by atoms with Crippen LogP contribution in [0.4, 0.5) is 0 Å². The van der Waals surface area contributed by atoms with Gasteiger partial charge in [0.25, 0.3) is 11.8 Å². The van der Waals surface area contributed by atoms with Crippen LogP contribution in [0.2, 0.25) is 0 Å². The number of sulfone groups is 1. The summed E-state index contributed by atoms with van der Waals surface area (Å²) in [6.45, 7) is 0. The third-order valence-electron chi connectivity index (χ3n) is 5.60. The lowest BCUT2D eigenvalue weighted by Gasteiger charge is -2.27. The van der Waals surface area contributed by atoms with Gasteiger partial charge in [0.05, 0.1) is 16.0 Å². The number of aromatic nitrogens is 1. The second-order valence-electron chi connectivity index (χ2n) is 7.90. The first kappa shape index (κ1) is 22.5. The number of imide groups is 2. The number of nitrogens with zero attached hydrogens (tertiary/aromatic N) is 2. The maximum atomic E-state index is 12.9. The first-order chi connectivity index (χ1) is 15.6. The molecular weight excluding hydrogens is 450 g/mol. The van der Waals surface area contributed by atoms with Crippen LogP contribution in [0, 0.1) is 0 Å². The van der Waals surface area contributed by atoms with Gasteiger partial charge >= 0.3 is 0 Å². The summed E-state index contributed by atoms with van der Waals surface area (Å²) in [6.07, 6.45) is 2.61. The highest BCUT2D eigenvalue weighted by molar-refractivity contribution is 7.90. The Morgan fingerprint density at radius 2 is 1.82 bits per heavy atom. The molecule has 4 rings (SSSR count). The number of ketones is 1. The molecule has 1 N–H and O–H groups in total. The Hall–Kier alpha value is -3.73. The van der Waals surface area contributed by atoms with E-state index in [1.54, 1.807) is 6.07 Å². The van der Waals surface area contributed by atoms with Gasteiger partial charge in [0.15, 0.2) is 15.6 Å². The van der Waals surface area contributed by atoms with E-state index in [1.807, 2.05) is 0 Å². The predicted octanol–water partition coefficient (Wildman–Crippen LogP) is 0.702. The molecule has 4 amide bonds. The van der Waals surface area contributed by atoms with Crippen molar-refractivity contribution in [3.8, 4) is 0 Å². The van der Waals surface area contributed by atoms with Crippen LogP contribution in [-0.2, 0) is 25.8 Å². The van der Waals surface area contributed by atoms with Gasteiger partial charge in [-0.1, -0.05) is 6.07 Å². The number of carbonyl (C=O) groups is 5. The number of carbonyl (C=O) groups excluding carboxylic acids is 5. The van der Waals surface area contributed by atoms with Gasteiger partial charge in [-0.15, -0.1) is 0 Å². The fourth-order valence-electron chi connectivity index (χ4n) is 3.82. The molecule has 2 aromatic rings. The minimum atomic E-state index is -3.41. The standard InChI is InChI=1S/C22H19N3O7S/c1-33(31,32)13-4-6-16(23-11-13)18(26)8-3-12-2-5-14-15(10-12)22(30)25(21(14)29)17-7-9-19(27)24-20(17)28/h2,4-6,10-11,17H,3,7-9H2,1H3,(H,24,27,28). The van der Waals surface area contributed by atoms with E-state index < -0.39 is 39.5 Å². The number of amides is 4. The molecule has 0 bridgehead atoms. The molecule has 10 nitrogen and oxygen atoms in total. The van der Waals surface area contributed by atoms with E-state index in [0.717, 1.165) is 17.4 Å². The van der Waals surface area contributed by atoms with Gasteiger partial charge in [0, 0.05) is 25.3 Å². The van der Waals surface area contributed by atoms with Crippen molar-refractivity contribution in [3.63, 3.8) is 0 Å². The molecule has 2 aliphatic heterocycles. The van der Waals surface area contributed by atoms with Crippen molar-refractivity contribution >= 4 is 39.2 Å². The Kier molecular flexibility index (Phi) is 5.66. The van der Waals surface area contributed by atoms with E-state index in [0.29, 0.717) is 5.56 Å². The number of aryl methyl sites for hydroxylation is 1. The van der Waals surface area contributed by atoms with Crippen molar-refractivity contribution in [2.45, 2.75) is 36.6 Å². The van der Waals surface area contributed by atoms with Gasteiger partial charge in [-0.05, 0) is 42.7 Å². The van der Waals surface area contributed by atoms with Crippen LogP contribution >= 0.6 is 0 Å². The number of Topliss-reactive ketones (excluding diaryl/α,β-unsaturated/α-hetero) is 1. The Morgan fingerprint density at radius 1 is 1.09 bits per heavy atom. The van der Waals surface area contributed by atoms with Crippen LogP contribution in [0.25, 0.3) is 0 Å². The summed E-state index contributed by atoms with van der Waals surface area (Å²) in [5.41, 5.74) is 1.07. The summed E-state index contributed by atoms with van der Waals surface area (Å²) >= 11 is 0.